The quantitative estimate of drug-likeness (QED) is 0.676. The first-order valence-electron chi connectivity index (χ1n) is 4.82. The zero-order valence-corrected chi connectivity index (χ0v) is 8.11. The highest BCUT2D eigenvalue weighted by atomic mass is 16.5. The number of ether oxygens (including phenoxy) is 2. The number of rotatable bonds is 4. The predicted octanol–water partition coefficient (Wildman–Crippen LogP) is 1.47. The van der Waals surface area contributed by atoms with Crippen molar-refractivity contribution < 1.29 is 14.6 Å². The first kappa shape index (κ1) is 10.5. The molecule has 0 aromatic carbocycles. The van der Waals surface area contributed by atoms with Crippen LogP contribution < -0.4 is 0 Å². The second-order valence-electron chi connectivity index (χ2n) is 3.30. The van der Waals surface area contributed by atoms with Gasteiger partial charge in [-0.1, -0.05) is 0 Å². The summed E-state index contributed by atoms with van der Waals surface area (Å²) in [5.74, 6) is 0. The van der Waals surface area contributed by atoms with E-state index in [1.165, 1.54) is 0 Å². The summed E-state index contributed by atoms with van der Waals surface area (Å²) in [5, 5.41) is 9.55. The van der Waals surface area contributed by atoms with Gasteiger partial charge in [-0.15, -0.1) is 0 Å². The van der Waals surface area contributed by atoms with Crippen LogP contribution in [0.25, 0.3) is 0 Å². The van der Waals surface area contributed by atoms with Gasteiger partial charge >= 0.3 is 0 Å². The van der Waals surface area contributed by atoms with E-state index in [1.807, 2.05) is 6.08 Å². The molecule has 0 aromatic rings. The molecule has 0 aliphatic carbocycles. The molecule has 13 heavy (non-hydrogen) atoms. The Morgan fingerprint density at radius 2 is 2.46 bits per heavy atom. The Hall–Kier alpha value is -0.540. The number of hydrogen-bond donors (Lipinski definition) is 1. The molecule has 1 N–H and O–H groups in total. The van der Waals surface area contributed by atoms with Gasteiger partial charge in [-0.25, -0.2) is 0 Å². The first-order chi connectivity index (χ1) is 6.34. The summed E-state index contributed by atoms with van der Waals surface area (Å²) in [6, 6.07) is 0. The fourth-order valence-corrected chi connectivity index (χ4v) is 1.52. The molecule has 1 aliphatic heterocycles. The molecule has 1 unspecified atom stereocenters. The summed E-state index contributed by atoms with van der Waals surface area (Å²) in [4.78, 5) is 0. The van der Waals surface area contributed by atoms with Gasteiger partial charge in [0.2, 0.25) is 0 Å². The molecule has 1 rings (SSSR count). The molecule has 0 radical (unpaired) electrons. The van der Waals surface area contributed by atoms with Crippen LogP contribution in [-0.4, -0.2) is 31.0 Å². The van der Waals surface area contributed by atoms with E-state index >= 15 is 0 Å². The number of aliphatic hydroxyl groups is 1. The lowest BCUT2D eigenvalue weighted by Gasteiger charge is -2.27. The van der Waals surface area contributed by atoms with Crippen molar-refractivity contribution in [1.29, 1.82) is 0 Å². The van der Waals surface area contributed by atoms with Crippen molar-refractivity contribution in [3.8, 4) is 0 Å². The molecule has 3 nitrogen and oxygen atoms in total. The summed E-state index contributed by atoms with van der Waals surface area (Å²) in [5.41, 5.74) is 0. The van der Waals surface area contributed by atoms with E-state index in [2.05, 4.69) is 0 Å². The van der Waals surface area contributed by atoms with Gasteiger partial charge in [0.05, 0.1) is 25.6 Å². The first-order valence-corrected chi connectivity index (χ1v) is 4.82. The van der Waals surface area contributed by atoms with Gasteiger partial charge in [0, 0.05) is 6.61 Å². The predicted molar refractivity (Wildman–Crippen MR) is 50.4 cm³/mol. The molecule has 76 valence electrons. The second-order valence-corrected chi connectivity index (χ2v) is 3.30. The van der Waals surface area contributed by atoms with E-state index < -0.39 is 0 Å². The second kappa shape index (κ2) is 6.00. The average molecular weight is 186 g/mol. The summed E-state index contributed by atoms with van der Waals surface area (Å²) in [6.07, 6.45) is 6.99. The minimum Gasteiger partial charge on any atom is -0.505 e. The Kier molecular flexibility index (Phi) is 4.86. The Bertz CT molecular complexity index is 156. The van der Waals surface area contributed by atoms with E-state index in [-0.39, 0.29) is 12.2 Å². The fraction of sp³-hybridized carbons (Fsp3) is 0.800. The minimum absolute atomic E-state index is 0.0234. The van der Waals surface area contributed by atoms with Crippen LogP contribution in [0.3, 0.4) is 0 Å². The highest BCUT2D eigenvalue weighted by Crippen LogP contribution is 2.17. The van der Waals surface area contributed by atoms with Gasteiger partial charge in [-0.05, 0) is 31.8 Å². The molecule has 0 amide bonds. The normalized spacial score (nSPS) is 29.4. The number of methoxy groups -OCH3 is 1. The maximum absolute atomic E-state index is 9.55. The number of hydrogen-bond acceptors (Lipinski definition) is 3. The zero-order chi connectivity index (χ0) is 9.52. The van der Waals surface area contributed by atoms with Gasteiger partial charge in [0.15, 0.2) is 0 Å². The Morgan fingerprint density at radius 1 is 1.62 bits per heavy atom. The molecule has 0 saturated carbocycles. The highest BCUT2D eigenvalue weighted by molar-refractivity contribution is 4.79. The van der Waals surface area contributed by atoms with Crippen molar-refractivity contribution in [3.63, 3.8) is 0 Å². The smallest absolute Gasteiger partial charge is 0.0836 e. The molecule has 0 bridgehead atoms. The van der Waals surface area contributed by atoms with Crippen molar-refractivity contribution in [2.45, 2.75) is 37.9 Å². The summed E-state index contributed by atoms with van der Waals surface area (Å²) >= 11 is 0. The van der Waals surface area contributed by atoms with Crippen LogP contribution in [-0.2, 0) is 9.47 Å². The van der Waals surface area contributed by atoms with Crippen LogP contribution in [0.5, 0.6) is 0 Å². The molecule has 1 heterocycles. The average Bonchev–Trinajstić information content (AvgIpc) is 2.15. The number of aliphatic hydroxyl groups excluding tert-OH is 1. The van der Waals surface area contributed by atoms with Crippen molar-refractivity contribution in [3.05, 3.63) is 12.3 Å². The monoisotopic (exact) mass is 186 g/mol. The molecule has 1 saturated heterocycles. The topological polar surface area (TPSA) is 38.7 Å². The lowest BCUT2D eigenvalue weighted by Crippen LogP contribution is -2.33. The Balaban J connectivity index is 2.15. The van der Waals surface area contributed by atoms with Crippen LogP contribution in [0.4, 0.5) is 0 Å². The van der Waals surface area contributed by atoms with Gasteiger partial charge in [0.1, 0.15) is 0 Å². The maximum atomic E-state index is 9.55. The SMILES string of the molecule is CO/C=C/CCC1OCCC[C@H]1O. The highest BCUT2D eigenvalue weighted by Gasteiger charge is 2.22. The van der Waals surface area contributed by atoms with E-state index in [9.17, 15) is 5.11 Å². The van der Waals surface area contributed by atoms with Crippen LogP contribution in [0.1, 0.15) is 25.7 Å². The molecule has 1 aliphatic rings. The summed E-state index contributed by atoms with van der Waals surface area (Å²) in [7, 11) is 1.63. The standard InChI is InChI=1S/C10H18O3/c1-12-7-3-2-6-10-9(11)5-4-8-13-10/h3,7,9-11H,2,4-6,8H2,1H3/b7-3+/t9-,10?/m1/s1. The van der Waals surface area contributed by atoms with E-state index in [1.54, 1.807) is 13.4 Å². The number of allylic oxidation sites excluding steroid dienone is 1. The third kappa shape index (κ3) is 3.79. The van der Waals surface area contributed by atoms with Crippen molar-refractivity contribution in [1.82, 2.24) is 0 Å². The molecule has 1 fully saturated rings. The third-order valence-electron chi connectivity index (χ3n) is 2.26. The molecular formula is C10H18O3. The molecule has 3 heteroatoms. The summed E-state index contributed by atoms with van der Waals surface area (Å²) in [6.45, 7) is 0.787. The van der Waals surface area contributed by atoms with E-state index in [0.29, 0.717) is 0 Å². The van der Waals surface area contributed by atoms with Crippen molar-refractivity contribution in [2.75, 3.05) is 13.7 Å². The molecule has 0 spiro atoms. The van der Waals surface area contributed by atoms with Crippen LogP contribution in [0, 0.1) is 0 Å². The van der Waals surface area contributed by atoms with Crippen molar-refractivity contribution in [2.24, 2.45) is 0 Å². The van der Waals surface area contributed by atoms with E-state index in [0.717, 1.165) is 32.3 Å². The fourth-order valence-electron chi connectivity index (χ4n) is 1.52. The Labute approximate surface area is 79.3 Å². The van der Waals surface area contributed by atoms with Crippen LogP contribution >= 0.6 is 0 Å². The van der Waals surface area contributed by atoms with Gasteiger partial charge < -0.3 is 14.6 Å². The van der Waals surface area contributed by atoms with Crippen LogP contribution in [0.2, 0.25) is 0 Å². The lowest BCUT2D eigenvalue weighted by atomic mass is 10.0. The third-order valence-corrected chi connectivity index (χ3v) is 2.26. The molecular weight excluding hydrogens is 168 g/mol. The maximum Gasteiger partial charge on any atom is 0.0836 e. The van der Waals surface area contributed by atoms with Gasteiger partial charge in [-0.3, -0.25) is 0 Å². The Morgan fingerprint density at radius 3 is 3.15 bits per heavy atom. The van der Waals surface area contributed by atoms with Crippen molar-refractivity contribution >= 4 is 0 Å². The van der Waals surface area contributed by atoms with Crippen LogP contribution in [0.15, 0.2) is 12.3 Å². The largest absolute Gasteiger partial charge is 0.505 e. The molecule has 0 aromatic heterocycles. The van der Waals surface area contributed by atoms with E-state index in [4.69, 9.17) is 9.47 Å². The summed E-state index contributed by atoms with van der Waals surface area (Å²) < 4.78 is 10.2. The zero-order valence-electron chi connectivity index (χ0n) is 8.11. The van der Waals surface area contributed by atoms with Gasteiger partial charge in [0.25, 0.3) is 0 Å². The molecule has 2 atom stereocenters. The van der Waals surface area contributed by atoms with Gasteiger partial charge in [-0.2, -0.15) is 0 Å². The lowest BCUT2D eigenvalue weighted by molar-refractivity contribution is -0.0762. The minimum atomic E-state index is -0.273.